The molecule has 0 bridgehead atoms. The number of benzene rings is 2. The van der Waals surface area contributed by atoms with Gasteiger partial charge in [0.2, 0.25) is 11.8 Å². The van der Waals surface area contributed by atoms with E-state index >= 15 is 0 Å². The predicted molar refractivity (Wildman–Crippen MR) is 192 cm³/mol. The number of carbonyl (C=O) groups is 2. The Morgan fingerprint density at radius 3 is 2.22 bits per heavy atom. The Bertz CT molecular complexity index is 1280. The lowest BCUT2D eigenvalue weighted by atomic mass is 10.0. The van der Waals surface area contributed by atoms with Crippen molar-refractivity contribution in [1.82, 2.24) is 15.1 Å². The summed E-state index contributed by atoms with van der Waals surface area (Å²) in [7, 11) is 1.90. The van der Waals surface area contributed by atoms with Gasteiger partial charge in [0.1, 0.15) is 0 Å². The third-order valence-electron chi connectivity index (χ3n) is 8.29. The fourth-order valence-electron chi connectivity index (χ4n) is 5.50. The summed E-state index contributed by atoms with van der Waals surface area (Å²) in [5, 5.41) is 4.45. The normalized spacial score (nSPS) is 16.1. The van der Waals surface area contributed by atoms with Crippen LogP contribution in [-0.4, -0.2) is 60.9 Å². The molecule has 2 aromatic carbocycles. The van der Waals surface area contributed by atoms with Crippen molar-refractivity contribution in [2.75, 3.05) is 33.2 Å². The summed E-state index contributed by atoms with van der Waals surface area (Å²) in [5.41, 5.74) is 6.38. The van der Waals surface area contributed by atoms with Crippen LogP contribution in [0.2, 0.25) is 10.0 Å². The van der Waals surface area contributed by atoms with E-state index in [-0.39, 0.29) is 11.8 Å². The highest BCUT2D eigenvalue weighted by Crippen LogP contribution is 2.31. The average Bonchev–Trinajstić information content (AvgIpc) is 3.72. The molecule has 4 rings (SSSR count). The van der Waals surface area contributed by atoms with Crippen molar-refractivity contribution in [3.05, 3.63) is 105 Å². The molecule has 2 aromatic rings. The summed E-state index contributed by atoms with van der Waals surface area (Å²) >= 11 is 11.8. The van der Waals surface area contributed by atoms with Gasteiger partial charge in [-0.1, -0.05) is 80.1 Å². The highest BCUT2D eigenvalue weighted by molar-refractivity contribution is 6.30. The van der Waals surface area contributed by atoms with Crippen molar-refractivity contribution in [1.29, 1.82) is 0 Å². The molecule has 1 fully saturated rings. The largest absolute Gasteiger partial charge is 0.356 e. The molecule has 0 aromatic heterocycles. The summed E-state index contributed by atoms with van der Waals surface area (Å²) in [4.78, 5) is 26.9. The minimum Gasteiger partial charge on any atom is -0.356 e. The van der Waals surface area contributed by atoms with Crippen LogP contribution in [0.25, 0.3) is 0 Å². The molecule has 7 heteroatoms. The van der Waals surface area contributed by atoms with E-state index in [0.717, 1.165) is 48.8 Å². The maximum absolute atomic E-state index is 11.6. The molecule has 45 heavy (non-hydrogen) atoms. The summed E-state index contributed by atoms with van der Waals surface area (Å²) in [6.07, 6.45) is 13.9. The van der Waals surface area contributed by atoms with Crippen LogP contribution in [0, 0.1) is 6.92 Å². The minimum atomic E-state index is 0.168. The zero-order chi connectivity index (χ0) is 33.2. The first-order chi connectivity index (χ1) is 21.6. The van der Waals surface area contributed by atoms with Crippen molar-refractivity contribution in [3.8, 4) is 0 Å². The second-order valence-corrected chi connectivity index (χ2v) is 12.5. The van der Waals surface area contributed by atoms with Gasteiger partial charge in [-0.05, 0) is 124 Å². The molecule has 5 nitrogen and oxygen atoms in total. The highest BCUT2D eigenvalue weighted by Gasteiger charge is 2.26. The van der Waals surface area contributed by atoms with Crippen LogP contribution < -0.4 is 5.32 Å². The zero-order valence-corrected chi connectivity index (χ0v) is 29.5. The Balaban J connectivity index is 0.000000237. The topological polar surface area (TPSA) is 52.7 Å². The van der Waals surface area contributed by atoms with Crippen molar-refractivity contribution in [2.24, 2.45) is 0 Å². The van der Waals surface area contributed by atoms with Crippen molar-refractivity contribution in [2.45, 2.75) is 85.1 Å². The fourth-order valence-corrected chi connectivity index (χ4v) is 5.85. The van der Waals surface area contributed by atoms with Gasteiger partial charge in [-0.15, -0.1) is 0 Å². The number of hydrogen-bond donors (Lipinski definition) is 1. The molecule has 1 heterocycles. The van der Waals surface area contributed by atoms with Crippen LogP contribution in [0.1, 0.15) is 82.4 Å². The monoisotopic (exact) mass is 653 g/mol. The van der Waals surface area contributed by atoms with Gasteiger partial charge >= 0.3 is 0 Å². The minimum absolute atomic E-state index is 0.168. The van der Waals surface area contributed by atoms with Crippen LogP contribution in [0.4, 0.5) is 0 Å². The van der Waals surface area contributed by atoms with E-state index in [4.69, 9.17) is 23.2 Å². The van der Waals surface area contributed by atoms with Crippen LogP contribution in [0.3, 0.4) is 0 Å². The molecular weight excluding hydrogens is 601 g/mol. The smallest absolute Gasteiger partial charge is 0.222 e. The molecule has 1 N–H and O–H groups in total. The van der Waals surface area contributed by atoms with Crippen molar-refractivity contribution in [3.63, 3.8) is 0 Å². The Kier molecular flexibility index (Phi) is 17.9. The highest BCUT2D eigenvalue weighted by atomic mass is 35.5. The summed E-state index contributed by atoms with van der Waals surface area (Å²) in [6.45, 7) is 16.2. The summed E-state index contributed by atoms with van der Waals surface area (Å²) in [5.74, 6) is 0.386. The Labute approximate surface area is 282 Å². The van der Waals surface area contributed by atoms with E-state index in [9.17, 15) is 9.59 Å². The summed E-state index contributed by atoms with van der Waals surface area (Å²) in [6, 6.07) is 14.3. The molecular formula is C38H53Cl2N3O2. The predicted octanol–water partition coefficient (Wildman–Crippen LogP) is 8.97. The molecule has 1 saturated heterocycles. The van der Waals surface area contributed by atoms with E-state index in [0.29, 0.717) is 18.9 Å². The number of carbonyl (C=O) groups excluding carboxylic acids is 2. The number of nitrogens with one attached hydrogen (secondary N) is 1. The number of rotatable bonds is 11. The van der Waals surface area contributed by atoms with Gasteiger partial charge in [-0.25, -0.2) is 0 Å². The van der Waals surface area contributed by atoms with E-state index < -0.39 is 0 Å². The number of aryl methyl sites for hydroxylation is 1. The second kappa shape index (κ2) is 21.0. The molecule has 1 unspecified atom stereocenters. The molecule has 1 aliphatic heterocycles. The van der Waals surface area contributed by atoms with Gasteiger partial charge in [0.15, 0.2) is 0 Å². The van der Waals surface area contributed by atoms with E-state index in [1.807, 2.05) is 69.1 Å². The Hall–Kier alpha value is -2.86. The average molecular weight is 655 g/mol. The molecule has 2 amide bonds. The number of hydrogen-bond acceptors (Lipinski definition) is 3. The van der Waals surface area contributed by atoms with Crippen LogP contribution >= 0.6 is 23.2 Å². The van der Waals surface area contributed by atoms with Crippen molar-refractivity contribution < 1.29 is 9.59 Å². The number of likely N-dealkylation sites (tertiary alicyclic amines) is 1. The summed E-state index contributed by atoms with van der Waals surface area (Å²) < 4.78 is 0. The first-order valence-electron chi connectivity index (χ1n) is 16.3. The van der Waals surface area contributed by atoms with Gasteiger partial charge in [-0.2, -0.15) is 0 Å². The number of halogens is 2. The third-order valence-corrected chi connectivity index (χ3v) is 8.77. The number of nitrogens with zero attached hydrogens (tertiary/aromatic N) is 2. The van der Waals surface area contributed by atoms with E-state index in [1.165, 1.54) is 53.8 Å². The van der Waals surface area contributed by atoms with Gasteiger partial charge in [0.25, 0.3) is 0 Å². The SMILES string of the molecule is C=CC1=C(/C=C\C)CC(N(C)C(=O)CC)C1.CCC(=O)NCCCN1CCCC1.Cc1cc(Cl)ccc1Cc1ccc(Cl)cc1. The number of allylic oxidation sites excluding steroid dienone is 3. The van der Waals surface area contributed by atoms with Gasteiger partial charge in [0.05, 0.1) is 0 Å². The van der Waals surface area contributed by atoms with Crippen LogP contribution in [0.15, 0.2) is 78.4 Å². The third kappa shape index (κ3) is 14.0. The van der Waals surface area contributed by atoms with Gasteiger partial charge < -0.3 is 15.1 Å². The lowest BCUT2D eigenvalue weighted by Crippen LogP contribution is -2.35. The number of amides is 2. The molecule has 246 valence electrons. The van der Waals surface area contributed by atoms with Crippen molar-refractivity contribution >= 4 is 35.0 Å². The van der Waals surface area contributed by atoms with E-state index in [2.05, 4.69) is 48.0 Å². The van der Waals surface area contributed by atoms with Crippen LogP contribution in [-0.2, 0) is 16.0 Å². The lowest BCUT2D eigenvalue weighted by molar-refractivity contribution is -0.131. The quantitative estimate of drug-likeness (QED) is 0.246. The first kappa shape index (κ1) is 38.3. The first-order valence-corrected chi connectivity index (χ1v) is 17.1. The maximum Gasteiger partial charge on any atom is 0.222 e. The fraction of sp³-hybridized carbons (Fsp3) is 0.474. The van der Waals surface area contributed by atoms with Gasteiger partial charge in [-0.3, -0.25) is 9.59 Å². The standard InChI is InChI=1S/C14H12Cl2.C14H21NO.C10H20N2O/c1-10-8-14(16)7-4-12(10)9-11-2-5-13(15)6-3-11;1-5-8-12-10-13(9-11(12)6-2)15(4)14(16)7-3;1-2-10(13)11-6-5-9-12-7-3-4-8-12/h2-8H,9H2,1H3;5-6,8,13H,2,7,9-10H2,1,3-4H3;2-9H2,1H3,(H,11,13)/b;8-5-;. The Morgan fingerprint density at radius 2 is 1.64 bits per heavy atom. The molecule has 2 aliphatic rings. The molecule has 1 atom stereocenters. The Morgan fingerprint density at radius 1 is 1.00 bits per heavy atom. The zero-order valence-electron chi connectivity index (χ0n) is 28.0. The van der Waals surface area contributed by atoms with Crippen LogP contribution in [0.5, 0.6) is 0 Å². The lowest BCUT2D eigenvalue weighted by Gasteiger charge is -2.24. The molecule has 1 aliphatic carbocycles. The maximum atomic E-state index is 11.6. The molecule has 0 spiro atoms. The molecule has 0 saturated carbocycles. The van der Waals surface area contributed by atoms with E-state index in [1.54, 1.807) is 0 Å². The van der Waals surface area contributed by atoms with Gasteiger partial charge in [0, 0.05) is 42.5 Å². The molecule has 0 radical (unpaired) electrons. The second-order valence-electron chi connectivity index (χ2n) is 11.7.